The van der Waals surface area contributed by atoms with Crippen molar-refractivity contribution in [2.45, 2.75) is 6.43 Å². The molecule has 1 rings (SSSR count). The minimum Gasteiger partial charge on any atom is -0.396 e. The van der Waals surface area contributed by atoms with Gasteiger partial charge in [-0.3, -0.25) is 9.78 Å². The van der Waals surface area contributed by atoms with E-state index in [4.69, 9.17) is 5.73 Å². The second-order valence-electron chi connectivity index (χ2n) is 2.24. The second kappa shape index (κ2) is 3.42. The first-order valence-corrected chi connectivity index (χ1v) is 3.25. The monoisotopic (exact) mass is 190 g/mol. The number of nitrogens with two attached hydrogens (primary N) is 1. The summed E-state index contributed by atoms with van der Waals surface area (Å²) in [7, 11) is 0. The Labute approximate surface area is 71.4 Å². The van der Waals surface area contributed by atoms with Crippen molar-refractivity contribution in [1.82, 2.24) is 4.98 Å². The SMILES string of the molecule is Nc1c(C=O)cnc(C(F)F)c1F. The topological polar surface area (TPSA) is 56.0 Å². The summed E-state index contributed by atoms with van der Waals surface area (Å²) in [6.45, 7) is 0. The van der Waals surface area contributed by atoms with Crippen molar-refractivity contribution in [3.8, 4) is 0 Å². The Morgan fingerprint density at radius 2 is 2.15 bits per heavy atom. The van der Waals surface area contributed by atoms with Gasteiger partial charge in [0.25, 0.3) is 6.43 Å². The molecule has 1 aromatic heterocycles. The number of nitrogen functional groups attached to an aromatic ring is 1. The summed E-state index contributed by atoms with van der Waals surface area (Å²) >= 11 is 0. The van der Waals surface area contributed by atoms with Gasteiger partial charge in [-0.1, -0.05) is 0 Å². The average Bonchev–Trinajstić information content (AvgIpc) is 2.09. The molecule has 0 aromatic carbocycles. The third-order valence-electron chi connectivity index (χ3n) is 1.45. The molecule has 0 aliphatic rings. The fraction of sp³-hybridized carbons (Fsp3) is 0.143. The number of rotatable bonds is 2. The van der Waals surface area contributed by atoms with Gasteiger partial charge in [-0.15, -0.1) is 0 Å². The average molecular weight is 190 g/mol. The van der Waals surface area contributed by atoms with Crippen molar-refractivity contribution in [2.75, 3.05) is 5.73 Å². The summed E-state index contributed by atoms with van der Waals surface area (Å²) in [6.07, 6.45) is -1.98. The fourth-order valence-corrected chi connectivity index (χ4v) is 0.776. The Hall–Kier alpha value is -1.59. The van der Waals surface area contributed by atoms with Gasteiger partial charge in [0, 0.05) is 6.20 Å². The molecule has 0 saturated carbocycles. The molecule has 0 aliphatic carbocycles. The fourth-order valence-electron chi connectivity index (χ4n) is 0.776. The van der Waals surface area contributed by atoms with Crippen LogP contribution < -0.4 is 5.73 Å². The Morgan fingerprint density at radius 3 is 2.62 bits per heavy atom. The number of nitrogens with zero attached hydrogens (tertiary/aromatic N) is 1. The van der Waals surface area contributed by atoms with Gasteiger partial charge in [-0.25, -0.2) is 13.2 Å². The smallest absolute Gasteiger partial charge is 0.283 e. The van der Waals surface area contributed by atoms with Crippen LogP contribution in [0.1, 0.15) is 22.5 Å². The van der Waals surface area contributed by atoms with Crippen LogP contribution >= 0.6 is 0 Å². The molecule has 0 spiro atoms. The van der Waals surface area contributed by atoms with Gasteiger partial charge in [-0.05, 0) is 0 Å². The molecule has 3 nitrogen and oxygen atoms in total. The zero-order chi connectivity index (χ0) is 10.0. The van der Waals surface area contributed by atoms with Crippen LogP contribution in [0.3, 0.4) is 0 Å². The summed E-state index contributed by atoms with van der Waals surface area (Å²) in [5.74, 6) is -1.33. The number of hydrogen-bond acceptors (Lipinski definition) is 3. The highest BCUT2D eigenvalue weighted by Crippen LogP contribution is 2.24. The molecule has 6 heteroatoms. The number of pyridine rings is 1. The van der Waals surface area contributed by atoms with Crippen LogP contribution in [0, 0.1) is 5.82 Å². The molecule has 0 fully saturated rings. The Bertz CT molecular complexity index is 341. The number of aldehydes is 1. The van der Waals surface area contributed by atoms with Crippen LogP contribution in [0.2, 0.25) is 0 Å². The minimum atomic E-state index is -3.04. The van der Waals surface area contributed by atoms with Crippen LogP contribution in [-0.4, -0.2) is 11.3 Å². The number of halogens is 3. The first-order valence-electron chi connectivity index (χ1n) is 3.25. The summed E-state index contributed by atoms with van der Waals surface area (Å²) in [4.78, 5) is 13.3. The molecule has 13 heavy (non-hydrogen) atoms. The molecule has 0 aliphatic heterocycles. The quantitative estimate of drug-likeness (QED) is 0.720. The molecule has 0 atom stereocenters. The maximum atomic E-state index is 12.9. The van der Waals surface area contributed by atoms with E-state index >= 15 is 0 Å². The Morgan fingerprint density at radius 1 is 1.54 bits per heavy atom. The number of carbonyl (C=O) groups excluding carboxylic acids is 1. The predicted octanol–water partition coefficient (Wildman–Crippen LogP) is 1.55. The molecule has 1 aromatic rings. The van der Waals surface area contributed by atoms with Crippen molar-refractivity contribution < 1.29 is 18.0 Å². The Balaban J connectivity index is 3.31. The molecule has 0 bridgehead atoms. The lowest BCUT2D eigenvalue weighted by Crippen LogP contribution is -2.04. The van der Waals surface area contributed by atoms with E-state index in [1.165, 1.54) is 0 Å². The van der Waals surface area contributed by atoms with Crippen LogP contribution in [-0.2, 0) is 0 Å². The zero-order valence-electron chi connectivity index (χ0n) is 6.30. The van der Waals surface area contributed by atoms with Crippen molar-refractivity contribution in [2.24, 2.45) is 0 Å². The van der Waals surface area contributed by atoms with E-state index in [9.17, 15) is 18.0 Å². The number of alkyl halides is 2. The van der Waals surface area contributed by atoms with Gasteiger partial charge in [-0.2, -0.15) is 0 Å². The van der Waals surface area contributed by atoms with Crippen molar-refractivity contribution in [3.63, 3.8) is 0 Å². The standard InChI is InChI=1S/C7H5F3N2O/c8-4-5(11)3(2-13)1-12-6(4)7(9)10/h1-2,7H,(H2,11,12). The highest BCUT2D eigenvalue weighted by atomic mass is 19.3. The molecule has 0 amide bonds. The molecule has 70 valence electrons. The zero-order valence-corrected chi connectivity index (χ0v) is 6.30. The van der Waals surface area contributed by atoms with Crippen molar-refractivity contribution in [3.05, 3.63) is 23.3 Å². The molecule has 1 heterocycles. The number of carbonyl (C=O) groups is 1. The molecule has 0 radical (unpaired) electrons. The molecular weight excluding hydrogens is 185 g/mol. The van der Waals surface area contributed by atoms with Gasteiger partial charge in [0.2, 0.25) is 0 Å². The van der Waals surface area contributed by atoms with E-state index in [0.717, 1.165) is 6.20 Å². The first kappa shape index (κ1) is 9.50. The molecule has 0 saturated heterocycles. The molecule has 0 unspecified atom stereocenters. The third-order valence-corrected chi connectivity index (χ3v) is 1.45. The second-order valence-corrected chi connectivity index (χ2v) is 2.24. The summed E-state index contributed by atoms with van der Waals surface area (Å²) < 4.78 is 36.9. The van der Waals surface area contributed by atoms with Gasteiger partial charge in [0.05, 0.1) is 11.3 Å². The van der Waals surface area contributed by atoms with E-state index in [0.29, 0.717) is 0 Å². The summed E-state index contributed by atoms with van der Waals surface area (Å²) in [6, 6.07) is 0. The third kappa shape index (κ3) is 1.61. The lowest BCUT2D eigenvalue weighted by Gasteiger charge is -2.04. The van der Waals surface area contributed by atoms with Crippen LogP contribution in [0.25, 0.3) is 0 Å². The largest absolute Gasteiger partial charge is 0.396 e. The van der Waals surface area contributed by atoms with E-state index in [1.807, 2.05) is 0 Å². The van der Waals surface area contributed by atoms with E-state index < -0.39 is 23.6 Å². The van der Waals surface area contributed by atoms with E-state index in [2.05, 4.69) is 4.98 Å². The summed E-state index contributed by atoms with van der Waals surface area (Å²) in [5.41, 5.74) is 3.18. The van der Waals surface area contributed by atoms with Gasteiger partial charge in [0.15, 0.2) is 12.1 Å². The minimum absolute atomic E-state index is 0.234. The van der Waals surface area contributed by atoms with Gasteiger partial charge >= 0.3 is 0 Å². The molecular formula is C7H5F3N2O. The van der Waals surface area contributed by atoms with Crippen LogP contribution in [0.4, 0.5) is 18.9 Å². The van der Waals surface area contributed by atoms with Crippen molar-refractivity contribution in [1.29, 1.82) is 0 Å². The maximum absolute atomic E-state index is 12.9. The van der Waals surface area contributed by atoms with E-state index in [-0.39, 0.29) is 11.8 Å². The first-order chi connectivity index (χ1) is 6.07. The Kier molecular flexibility index (Phi) is 2.50. The van der Waals surface area contributed by atoms with E-state index in [1.54, 1.807) is 0 Å². The number of hydrogen-bond donors (Lipinski definition) is 1. The molecule has 2 N–H and O–H groups in total. The number of aromatic nitrogens is 1. The lowest BCUT2D eigenvalue weighted by molar-refractivity contribution is 0.112. The highest BCUT2D eigenvalue weighted by Gasteiger charge is 2.19. The highest BCUT2D eigenvalue weighted by molar-refractivity contribution is 5.82. The normalized spacial score (nSPS) is 10.5. The van der Waals surface area contributed by atoms with Crippen LogP contribution in [0.5, 0.6) is 0 Å². The maximum Gasteiger partial charge on any atom is 0.283 e. The van der Waals surface area contributed by atoms with Gasteiger partial charge < -0.3 is 5.73 Å². The summed E-state index contributed by atoms with van der Waals surface area (Å²) in [5, 5.41) is 0. The number of anilines is 1. The van der Waals surface area contributed by atoms with Crippen LogP contribution in [0.15, 0.2) is 6.20 Å². The predicted molar refractivity (Wildman–Crippen MR) is 39.0 cm³/mol. The van der Waals surface area contributed by atoms with Crippen molar-refractivity contribution >= 4 is 12.0 Å². The van der Waals surface area contributed by atoms with Gasteiger partial charge in [0.1, 0.15) is 5.69 Å². The lowest BCUT2D eigenvalue weighted by atomic mass is 10.2.